The number of ether oxygens (including phenoxy) is 1. The Morgan fingerprint density at radius 1 is 0.975 bits per heavy atom. The molecule has 3 unspecified atom stereocenters. The summed E-state index contributed by atoms with van der Waals surface area (Å²) in [4.78, 5) is 13.1. The fraction of sp³-hybridized carbons (Fsp3) is 0.440. The maximum absolute atomic E-state index is 14.8. The van der Waals surface area contributed by atoms with E-state index < -0.39 is 71.5 Å². The van der Waals surface area contributed by atoms with Gasteiger partial charge in [0, 0.05) is 12.0 Å². The van der Waals surface area contributed by atoms with Crippen LogP contribution < -0.4 is 10.4 Å². The summed E-state index contributed by atoms with van der Waals surface area (Å²) in [6.07, 6.45) is -10.4. The number of hydrogen-bond acceptors (Lipinski definition) is 4. The predicted octanol–water partition coefficient (Wildman–Crippen LogP) is 5.89. The zero-order chi connectivity index (χ0) is 30.2. The van der Waals surface area contributed by atoms with Gasteiger partial charge in [0.2, 0.25) is 0 Å². The van der Waals surface area contributed by atoms with Crippen molar-refractivity contribution in [2.45, 2.75) is 57.4 Å². The first-order chi connectivity index (χ1) is 18.3. The number of benzene rings is 2. The van der Waals surface area contributed by atoms with Crippen LogP contribution >= 0.6 is 0 Å². The zero-order valence-corrected chi connectivity index (χ0v) is 21.1. The lowest BCUT2D eigenvalue weighted by molar-refractivity contribution is -0.188. The van der Waals surface area contributed by atoms with Crippen LogP contribution in [0.25, 0.3) is 5.69 Å². The van der Waals surface area contributed by atoms with E-state index in [4.69, 9.17) is 0 Å². The highest BCUT2D eigenvalue weighted by atomic mass is 19.4. The van der Waals surface area contributed by atoms with Crippen LogP contribution in [0.5, 0.6) is 5.75 Å². The van der Waals surface area contributed by atoms with E-state index in [1.54, 1.807) is 0 Å². The van der Waals surface area contributed by atoms with Crippen molar-refractivity contribution in [3.8, 4) is 11.4 Å². The fourth-order valence-corrected chi connectivity index (χ4v) is 3.95. The minimum atomic E-state index is -5.27. The summed E-state index contributed by atoms with van der Waals surface area (Å²) in [5.41, 5.74) is -3.44. The maximum atomic E-state index is 14.8. The number of halogens is 9. The fourth-order valence-electron chi connectivity index (χ4n) is 3.95. The second-order valence-corrected chi connectivity index (χ2v) is 10.1. The quantitative estimate of drug-likeness (QED) is 0.319. The van der Waals surface area contributed by atoms with Gasteiger partial charge < -0.3 is 9.84 Å². The number of hydrogen-bond donors (Lipinski definition) is 1. The smallest absolute Gasteiger partial charge is 0.411 e. The van der Waals surface area contributed by atoms with Crippen molar-refractivity contribution in [2.75, 3.05) is 6.61 Å². The van der Waals surface area contributed by atoms with Crippen molar-refractivity contribution in [3.05, 3.63) is 76.5 Å². The Morgan fingerprint density at radius 2 is 1.57 bits per heavy atom. The monoisotopic (exact) mass is 585 g/mol. The molecule has 1 N–H and O–H groups in total. The molecule has 0 saturated heterocycles. The van der Waals surface area contributed by atoms with Gasteiger partial charge in [-0.2, -0.15) is 27.1 Å². The third kappa shape index (κ3) is 6.62. The van der Waals surface area contributed by atoms with Crippen LogP contribution in [0, 0.1) is 17.0 Å². The Labute approximate surface area is 221 Å². The molecule has 15 heteroatoms. The predicted molar refractivity (Wildman–Crippen MR) is 124 cm³/mol. The number of aliphatic hydroxyl groups excluding tert-OH is 1. The van der Waals surface area contributed by atoms with Crippen molar-refractivity contribution >= 4 is 0 Å². The summed E-state index contributed by atoms with van der Waals surface area (Å²) in [7, 11) is 0. The summed E-state index contributed by atoms with van der Waals surface area (Å²) < 4.78 is 128. The second-order valence-electron chi connectivity index (χ2n) is 10.1. The van der Waals surface area contributed by atoms with Crippen LogP contribution in [-0.4, -0.2) is 50.7 Å². The van der Waals surface area contributed by atoms with Crippen molar-refractivity contribution in [2.24, 2.45) is 5.41 Å². The van der Waals surface area contributed by atoms with Crippen LogP contribution in [0.3, 0.4) is 0 Å². The lowest BCUT2D eigenvalue weighted by atomic mass is 9.74. The minimum Gasteiger partial charge on any atom is -0.487 e. The number of aliphatic hydroxyl groups is 1. The summed E-state index contributed by atoms with van der Waals surface area (Å²) >= 11 is 0. The van der Waals surface area contributed by atoms with Crippen molar-refractivity contribution in [1.29, 1.82) is 0 Å². The van der Waals surface area contributed by atoms with E-state index in [1.807, 2.05) is 0 Å². The number of nitrogens with zero attached hydrogens (tertiary/aromatic N) is 3. The zero-order valence-electron chi connectivity index (χ0n) is 21.1. The van der Waals surface area contributed by atoms with Gasteiger partial charge in [-0.15, -0.1) is 0 Å². The second kappa shape index (κ2) is 11.2. The number of rotatable bonds is 9. The van der Waals surface area contributed by atoms with E-state index in [1.165, 1.54) is 20.8 Å². The maximum Gasteiger partial charge on any atom is 0.411 e. The van der Waals surface area contributed by atoms with Crippen molar-refractivity contribution < 1.29 is 49.4 Å². The Bertz CT molecular complexity index is 1360. The van der Waals surface area contributed by atoms with Gasteiger partial charge in [-0.3, -0.25) is 0 Å². The van der Waals surface area contributed by atoms with Gasteiger partial charge in [0.1, 0.15) is 23.7 Å². The van der Waals surface area contributed by atoms with Crippen LogP contribution in [0.15, 0.2) is 53.6 Å². The van der Waals surface area contributed by atoms with E-state index in [0.717, 1.165) is 36.4 Å². The average molecular weight is 585 g/mol. The van der Waals surface area contributed by atoms with Gasteiger partial charge in [-0.1, -0.05) is 26.8 Å². The van der Waals surface area contributed by atoms with Gasteiger partial charge in [-0.05, 0) is 41.3 Å². The molecule has 3 rings (SSSR count). The highest BCUT2D eigenvalue weighted by molar-refractivity contribution is 5.37. The summed E-state index contributed by atoms with van der Waals surface area (Å²) in [5.74, 6) is -9.31. The molecule has 3 atom stereocenters. The van der Waals surface area contributed by atoms with Crippen LogP contribution in [0.4, 0.5) is 39.5 Å². The average Bonchev–Trinajstić information content (AvgIpc) is 3.20. The topological polar surface area (TPSA) is 69.3 Å². The van der Waals surface area contributed by atoms with Gasteiger partial charge in [0.15, 0.2) is 12.6 Å². The SMILES string of the molecule is CC(C)(C)C(O)C(c1ccc(F)cc1F)C(n1ncn(-c2ccc(OCC(F)(F)C(F)F)cc2)c1=O)C(F)(F)F. The van der Waals surface area contributed by atoms with E-state index in [0.29, 0.717) is 17.0 Å². The molecule has 2 aromatic carbocycles. The molecule has 0 aliphatic carbocycles. The first kappa shape index (κ1) is 31.0. The van der Waals surface area contributed by atoms with Crippen molar-refractivity contribution in [1.82, 2.24) is 14.3 Å². The molecule has 0 saturated carbocycles. The van der Waals surface area contributed by atoms with Gasteiger partial charge in [0.05, 0.1) is 11.8 Å². The molecule has 0 bridgehead atoms. The van der Waals surface area contributed by atoms with Crippen LogP contribution in [0.2, 0.25) is 0 Å². The summed E-state index contributed by atoms with van der Waals surface area (Å²) in [6, 6.07) is 3.10. The van der Waals surface area contributed by atoms with Crippen molar-refractivity contribution in [3.63, 3.8) is 0 Å². The number of aromatic nitrogens is 3. The largest absolute Gasteiger partial charge is 0.487 e. The molecule has 220 valence electrons. The Morgan fingerprint density at radius 3 is 2.08 bits per heavy atom. The van der Waals surface area contributed by atoms with E-state index in [-0.39, 0.29) is 16.1 Å². The molecule has 1 heterocycles. The molecular formula is C25H24F9N3O3. The molecule has 0 amide bonds. The van der Waals surface area contributed by atoms with E-state index >= 15 is 0 Å². The Balaban J connectivity index is 2.06. The van der Waals surface area contributed by atoms with E-state index in [9.17, 15) is 49.4 Å². The molecule has 0 aliphatic heterocycles. The summed E-state index contributed by atoms with van der Waals surface area (Å²) in [6.45, 7) is 2.53. The first-order valence-corrected chi connectivity index (χ1v) is 11.6. The third-order valence-corrected chi connectivity index (χ3v) is 6.05. The first-order valence-electron chi connectivity index (χ1n) is 11.6. The third-order valence-electron chi connectivity index (χ3n) is 6.05. The number of alkyl halides is 7. The Hall–Kier alpha value is -3.49. The molecule has 1 aromatic heterocycles. The van der Waals surface area contributed by atoms with Crippen LogP contribution in [-0.2, 0) is 0 Å². The normalized spacial score (nSPS) is 15.2. The minimum absolute atomic E-state index is 0.00995. The molecule has 6 nitrogen and oxygen atoms in total. The lowest BCUT2D eigenvalue weighted by Crippen LogP contribution is -2.46. The molecular weight excluding hydrogens is 561 g/mol. The van der Waals surface area contributed by atoms with E-state index in [2.05, 4.69) is 9.84 Å². The van der Waals surface area contributed by atoms with Gasteiger partial charge >= 0.3 is 24.2 Å². The molecule has 40 heavy (non-hydrogen) atoms. The highest BCUT2D eigenvalue weighted by Gasteiger charge is 2.53. The van der Waals surface area contributed by atoms with Gasteiger partial charge in [0.25, 0.3) is 0 Å². The molecule has 0 spiro atoms. The molecule has 0 fully saturated rings. The molecule has 0 radical (unpaired) electrons. The lowest BCUT2D eigenvalue weighted by Gasteiger charge is -2.38. The molecule has 3 aromatic rings. The van der Waals surface area contributed by atoms with Gasteiger partial charge in [-0.25, -0.2) is 31.6 Å². The Kier molecular flexibility index (Phi) is 8.67. The standard InChI is InChI=1S/C25H24F9N3O3/c1-23(2,3)20(38)18(16-9-4-13(26)10-17(16)27)19(25(32,33)34)37-22(39)36(12-35-37)14-5-7-15(8-6-14)40-11-24(30,31)21(28)29/h4-10,12,18-21,38H,11H2,1-3H3. The van der Waals surface area contributed by atoms with Crippen LogP contribution in [0.1, 0.15) is 38.3 Å². The molecule has 0 aliphatic rings. The highest BCUT2D eigenvalue weighted by Crippen LogP contribution is 2.46. The summed E-state index contributed by atoms with van der Waals surface area (Å²) in [5, 5.41) is 14.5.